The van der Waals surface area contributed by atoms with Crippen LogP contribution in [0.4, 0.5) is 5.13 Å². The number of carbonyl (C=O) groups is 1. The highest BCUT2D eigenvalue weighted by Gasteiger charge is 2.43. The quantitative estimate of drug-likeness (QED) is 0.204. The molecule has 3 fully saturated rings. The van der Waals surface area contributed by atoms with Crippen LogP contribution >= 0.6 is 11.3 Å². The van der Waals surface area contributed by atoms with Gasteiger partial charge in [0.15, 0.2) is 5.13 Å². The first kappa shape index (κ1) is 26.4. The van der Waals surface area contributed by atoms with Crippen molar-refractivity contribution in [1.82, 2.24) is 10.1 Å². The number of aryl methyl sites for hydroxylation is 2. The summed E-state index contributed by atoms with van der Waals surface area (Å²) in [5.74, 6) is 1.19. The van der Waals surface area contributed by atoms with E-state index in [-0.39, 0.29) is 12.1 Å². The number of hydrogen-bond donors (Lipinski definition) is 0. The number of nitrogens with zero attached hydrogens (tertiary/aromatic N) is 3. The molecule has 7 nitrogen and oxygen atoms in total. The average Bonchev–Trinajstić information content (AvgIpc) is 3.44. The van der Waals surface area contributed by atoms with Gasteiger partial charge in [-0.2, -0.15) is 0 Å². The lowest BCUT2D eigenvalue weighted by molar-refractivity contribution is 0.0147. The number of rotatable bonds is 8. The Balaban J connectivity index is 1.05. The second-order valence-electron chi connectivity index (χ2n) is 11.7. The summed E-state index contributed by atoms with van der Waals surface area (Å²) in [6.07, 6.45) is 6.89. The first-order valence-electron chi connectivity index (χ1n) is 14.6. The highest BCUT2D eigenvalue weighted by atomic mass is 32.1. The Hall–Kier alpha value is -3.49. The largest absolute Gasteiger partial charge is 0.465 e. The van der Waals surface area contributed by atoms with E-state index < -0.39 is 0 Å². The molecule has 0 radical (unpaired) electrons. The highest BCUT2D eigenvalue weighted by molar-refractivity contribution is 7.14. The monoisotopic (exact) mass is 569 g/mol. The van der Waals surface area contributed by atoms with Crippen molar-refractivity contribution in [3.8, 4) is 22.5 Å². The molecular formula is C33H35N3O4S. The van der Waals surface area contributed by atoms with E-state index in [9.17, 15) is 4.79 Å². The van der Waals surface area contributed by atoms with Crippen LogP contribution in [0, 0.1) is 13.8 Å². The first-order valence-corrected chi connectivity index (χ1v) is 15.5. The van der Waals surface area contributed by atoms with Gasteiger partial charge in [-0.25, -0.2) is 9.78 Å². The summed E-state index contributed by atoms with van der Waals surface area (Å²) < 4.78 is 17.5. The minimum Gasteiger partial charge on any atom is -0.465 e. The molecule has 0 spiro atoms. The molecule has 4 heterocycles. The second-order valence-corrected chi connectivity index (χ2v) is 12.5. The fourth-order valence-corrected chi connectivity index (χ4v) is 7.61. The van der Waals surface area contributed by atoms with Gasteiger partial charge >= 0.3 is 5.97 Å². The summed E-state index contributed by atoms with van der Waals surface area (Å²) in [6, 6.07) is 15.1. The molecule has 0 N–H and O–H groups in total. The van der Waals surface area contributed by atoms with Crippen LogP contribution in [0.15, 0.2) is 52.4 Å². The van der Waals surface area contributed by atoms with E-state index in [4.69, 9.17) is 19.0 Å². The predicted octanol–water partition coefficient (Wildman–Crippen LogP) is 7.46. The molecule has 0 amide bonds. The number of esters is 1. The van der Waals surface area contributed by atoms with Gasteiger partial charge in [0.1, 0.15) is 11.5 Å². The molecule has 41 heavy (non-hydrogen) atoms. The van der Waals surface area contributed by atoms with Crippen LogP contribution in [0.2, 0.25) is 0 Å². The van der Waals surface area contributed by atoms with Gasteiger partial charge in [0.05, 0.1) is 31.1 Å². The summed E-state index contributed by atoms with van der Waals surface area (Å²) in [6.45, 7) is 4.61. The van der Waals surface area contributed by atoms with Crippen molar-refractivity contribution in [3.05, 3.63) is 75.9 Å². The Bertz CT molecular complexity index is 1570. The van der Waals surface area contributed by atoms with Gasteiger partial charge in [-0.3, -0.25) is 0 Å². The van der Waals surface area contributed by atoms with Crippen LogP contribution in [0.1, 0.15) is 77.3 Å². The highest BCUT2D eigenvalue weighted by Crippen LogP contribution is 2.46. The maximum absolute atomic E-state index is 12.0. The Morgan fingerprint density at radius 2 is 1.83 bits per heavy atom. The zero-order chi connectivity index (χ0) is 28.1. The van der Waals surface area contributed by atoms with Crippen molar-refractivity contribution in [3.63, 3.8) is 0 Å². The van der Waals surface area contributed by atoms with E-state index in [0.29, 0.717) is 30.2 Å². The molecule has 3 atom stereocenters. The molecule has 1 unspecified atom stereocenters. The van der Waals surface area contributed by atoms with E-state index in [2.05, 4.69) is 46.6 Å². The number of methoxy groups -OCH3 is 1. The molecule has 2 aromatic heterocycles. The second kappa shape index (κ2) is 10.7. The molecule has 4 aromatic rings. The van der Waals surface area contributed by atoms with Crippen LogP contribution in [-0.4, -0.2) is 41.4 Å². The molecule has 8 heteroatoms. The van der Waals surface area contributed by atoms with E-state index in [1.165, 1.54) is 38.4 Å². The summed E-state index contributed by atoms with van der Waals surface area (Å²) in [5.41, 5.74) is 7.86. The van der Waals surface area contributed by atoms with Crippen LogP contribution < -0.4 is 4.90 Å². The fourth-order valence-electron chi connectivity index (χ4n) is 6.63. The number of fused-ring (bicyclic) bond motifs is 2. The van der Waals surface area contributed by atoms with E-state index in [1.54, 1.807) is 11.3 Å². The first-order chi connectivity index (χ1) is 20.0. The van der Waals surface area contributed by atoms with E-state index >= 15 is 0 Å². The van der Waals surface area contributed by atoms with Crippen LogP contribution in [0.25, 0.3) is 22.5 Å². The van der Waals surface area contributed by atoms with Crippen molar-refractivity contribution in [2.75, 3.05) is 12.0 Å². The molecule has 7 rings (SSSR count). The molecule has 2 aromatic carbocycles. The topological polar surface area (TPSA) is 77.7 Å². The SMILES string of the molecule is COC(=O)c1ccc(-c2csc(N3[C@@H]4CC[C@H]3CC(OCc3c(-c5ccccc5C)noc3C3CC3)C4)n2)cc1C. The average molecular weight is 570 g/mol. The van der Waals surface area contributed by atoms with Crippen molar-refractivity contribution in [1.29, 1.82) is 0 Å². The molecule has 2 saturated heterocycles. The normalized spacial score (nSPS) is 21.8. The van der Waals surface area contributed by atoms with Gasteiger partial charge in [-0.1, -0.05) is 35.5 Å². The fraction of sp³-hybridized carbons (Fsp3) is 0.424. The number of piperidine rings is 1. The lowest BCUT2D eigenvalue weighted by Crippen LogP contribution is -2.45. The summed E-state index contributed by atoms with van der Waals surface area (Å²) in [7, 11) is 1.41. The van der Waals surface area contributed by atoms with Crippen LogP contribution in [0.3, 0.4) is 0 Å². The smallest absolute Gasteiger partial charge is 0.338 e. The molecule has 2 aliphatic heterocycles. The minimum absolute atomic E-state index is 0.211. The predicted molar refractivity (Wildman–Crippen MR) is 159 cm³/mol. The van der Waals surface area contributed by atoms with Crippen molar-refractivity contribution in [2.24, 2.45) is 0 Å². The number of carbonyl (C=O) groups excluding carboxylic acids is 1. The van der Waals surface area contributed by atoms with Crippen molar-refractivity contribution in [2.45, 2.75) is 83.1 Å². The van der Waals surface area contributed by atoms with E-state index in [1.807, 2.05) is 25.1 Å². The van der Waals surface area contributed by atoms with Gasteiger partial charge in [-0.05, 0) is 75.6 Å². The Morgan fingerprint density at radius 3 is 2.54 bits per heavy atom. The maximum atomic E-state index is 12.0. The molecule has 1 saturated carbocycles. The Kier molecular flexibility index (Phi) is 6.91. The van der Waals surface area contributed by atoms with Crippen LogP contribution in [-0.2, 0) is 16.1 Å². The van der Waals surface area contributed by atoms with Gasteiger partial charge in [0.2, 0.25) is 0 Å². The molecule has 2 bridgehead atoms. The third-order valence-electron chi connectivity index (χ3n) is 8.96. The number of thiazole rings is 1. The third-order valence-corrected chi connectivity index (χ3v) is 9.81. The number of ether oxygens (including phenoxy) is 2. The van der Waals surface area contributed by atoms with Gasteiger partial charge in [0, 0.05) is 40.1 Å². The van der Waals surface area contributed by atoms with Gasteiger partial charge < -0.3 is 18.9 Å². The van der Waals surface area contributed by atoms with E-state index in [0.717, 1.165) is 57.4 Å². The van der Waals surface area contributed by atoms with Gasteiger partial charge in [0.25, 0.3) is 0 Å². The molecular weight excluding hydrogens is 534 g/mol. The molecule has 3 aliphatic rings. The summed E-state index contributed by atoms with van der Waals surface area (Å²) in [4.78, 5) is 19.6. The number of anilines is 1. The van der Waals surface area contributed by atoms with Crippen molar-refractivity contribution < 1.29 is 18.8 Å². The molecule has 1 aliphatic carbocycles. The van der Waals surface area contributed by atoms with Crippen molar-refractivity contribution >= 4 is 22.4 Å². The molecule has 212 valence electrons. The third kappa shape index (κ3) is 4.97. The number of aromatic nitrogens is 2. The van der Waals surface area contributed by atoms with Crippen LogP contribution in [0.5, 0.6) is 0 Å². The lowest BCUT2D eigenvalue weighted by atomic mass is 9.99. The maximum Gasteiger partial charge on any atom is 0.338 e. The zero-order valence-corrected chi connectivity index (χ0v) is 24.6. The summed E-state index contributed by atoms with van der Waals surface area (Å²) >= 11 is 1.71. The lowest BCUT2D eigenvalue weighted by Gasteiger charge is -2.38. The Morgan fingerprint density at radius 1 is 1.05 bits per heavy atom. The zero-order valence-electron chi connectivity index (χ0n) is 23.8. The number of benzene rings is 2. The summed E-state index contributed by atoms with van der Waals surface area (Å²) in [5, 5.41) is 7.73. The number of hydrogen-bond acceptors (Lipinski definition) is 8. The standard InChI is InChI=1S/C33H35N3O4S/c1-19-6-4-5-7-26(19)30-28(31(40-35-30)21-8-9-21)17-39-25-15-23-11-12-24(16-25)36(23)33-34-29(18-41-33)22-10-13-27(20(2)14-22)32(37)38-3/h4-7,10,13-14,18,21,23-25H,8-9,11-12,15-17H2,1-3H3/t23-,24+,25?. The minimum atomic E-state index is -0.311. The Labute approximate surface area is 244 Å². The van der Waals surface area contributed by atoms with Gasteiger partial charge in [-0.15, -0.1) is 11.3 Å².